The van der Waals surface area contributed by atoms with Crippen molar-refractivity contribution in [2.45, 2.75) is 35.1 Å². The van der Waals surface area contributed by atoms with Gasteiger partial charge in [-0.2, -0.15) is 0 Å². The number of fused-ring (bicyclic) bond motifs is 3. The summed E-state index contributed by atoms with van der Waals surface area (Å²) in [5, 5.41) is 0.373. The molecule has 1 fully saturated rings. The van der Waals surface area contributed by atoms with Crippen LogP contribution in [0, 0.1) is 17.6 Å². The third kappa shape index (κ3) is 3.53. The first kappa shape index (κ1) is 22.3. The van der Waals surface area contributed by atoms with E-state index in [1.54, 1.807) is 18.7 Å². The van der Waals surface area contributed by atoms with Crippen molar-refractivity contribution in [3.05, 3.63) is 77.3 Å². The van der Waals surface area contributed by atoms with Gasteiger partial charge in [0.05, 0.1) is 29.5 Å². The van der Waals surface area contributed by atoms with Crippen molar-refractivity contribution >= 4 is 21.4 Å². The van der Waals surface area contributed by atoms with Crippen molar-refractivity contribution < 1.29 is 26.7 Å². The number of aromatic nitrogens is 2. The van der Waals surface area contributed by atoms with Crippen LogP contribution in [0.3, 0.4) is 0 Å². The Kier molecular flexibility index (Phi) is 5.66. The fraction of sp³-hybridized carbons (Fsp3) is 0.348. The van der Waals surface area contributed by atoms with Crippen molar-refractivity contribution in [1.29, 1.82) is 0 Å². The van der Waals surface area contributed by atoms with Gasteiger partial charge in [0.1, 0.15) is 10.6 Å². The van der Waals surface area contributed by atoms with Crippen molar-refractivity contribution in [1.82, 2.24) is 9.55 Å². The average Bonchev–Trinajstić information content (AvgIpc) is 3.33. The van der Waals surface area contributed by atoms with Crippen LogP contribution >= 0.6 is 11.6 Å². The standard InChI is InChI=1S/C23H21ClF2N2O4S/c24-15-1-3-16(4-2-15)33(29,30)23-8-12-31-20(7-10-28-11-9-27-14-28)17(23)13-32-22-19(26)6-5-18(25)21(22)23/h1-6,9,11,14,17,20H,7-8,10,12-13H2/t17?,20-,23-/m0/s1. The van der Waals surface area contributed by atoms with E-state index in [-0.39, 0.29) is 35.8 Å². The van der Waals surface area contributed by atoms with Gasteiger partial charge in [0, 0.05) is 36.5 Å². The molecule has 0 N–H and O–H groups in total. The maximum atomic E-state index is 15.3. The lowest BCUT2D eigenvalue weighted by atomic mass is 9.75. The van der Waals surface area contributed by atoms with Crippen LogP contribution in [0.4, 0.5) is 8.78 Å². The smallest absolute Gasteiger partial charge is 0.189 e. The summed E-state index contributed by atoms with van der Waals surface area (Å²) in [6.45, 7) is 0.485. The van der Waals surface area contributed by atoms with E-state index in [1.165, 1.54) is 24.3 Å². The van der Waals surface area contributed by atoms with Crippen molar-refractivity contribution in [2.75, 3.05) is 13.2 Å². The number of benzene rings is 2. The molecule has 0 spiro atoms. The number of imidazole rings is 1. The Morgan fingerprint density at radius 1 is 1.15 bits per heavy atom. The summed E-state index contributed by atoms with van der Waals surface area (Å²) in [5.41, 5.74) is -0.260. The molecule has 10 heteroatoms. The first-order valence-corrected chi connectivity index (χ1v) is 12.4. The fourth-order valence-corrected chi connectivity index (χ4v) is 7.50. The molecule has 1 unspecified atom stereocenters. The molecule has 0 radical (unpaired) electrons. The summed E-state index contributed by atoms with van der Waals surface area (Å²) in [6, 6.07) is 7.63. The zero-order valence-electron chi connectivity index (χ0n) is 17.5. The zero-order valence-corrected chi connectivity index (χ0v) is 19.0. The summed E-state index contributed by atoms with van der Waals surface area (Å²) in [4.78, 5) is 4.01. The average molecular weight is 495 g/mol. The Hall–Kier alpha value is -2.49. The van der Waals surface area contributed by atoms with Gasteiger partial charge in [0.2, 0.25) is 0 Å². The molecule has 0 bridgehead atoms. The zero-order chi connectivity index (χ0) is 23.2. The minimum absolute atomic E-state index is 0.0105. The van der Waals surface area contributed by atoms with E-state index in [9.17, 15) is 12.8 Å². The quantitative estimate of drug-likeness (QED) is 0.526. The molecule has 1 saturated heterocycles. The highest BCUT2D eigenvalue weighted by Crippen LogP contribution is 2.55. The van der Waals surface area contributed by atoms with Crippen LogP contribution in [0.2, 0.25) is 5.02 Å². The van der Waals surface area contributed by atoms with E-state index in [0.717, 1.165) is 12.1 Å². The van der Waals surface area contributed by atoms with Crippen LogP contribution in [-0.4, -0.2) is 37.3 Å². The first-order valence-electron chi connectivity index (χ1n) is 10.5. The normalized spacial score (nSPS) is 24.6. The molecule has 2 aromatic carbocycles. The topological polar surface area (TPSA) is 70.4 Å². The first-order chi connectivity index (χ1) is 15.8. The van der Waals surface area contributed by atoms with E-state index in [2.05, 4.69) is 4.98 Å². The van der Waals surface area contributed by atoms with Gasteiger partial charge in [0.15, 0.2) is 21.4 Å². The van der Waals surface area contributed by atoms with Gasteiger partial charge in [-0.15, -0.1) is 0 Å². The SMILES string of the molecule is O=S(=O)(c1ccc(Cl)cc1)[C@@]12CCO[C@@H](CCn3ccnc3)C1COc1c(F)ccc(F)c12. The lowest BCUT2D eigenvalue weighted by molar-refractivity contribution is -0.0773. The van der Waals surface area contributed by atoms with Crippen LogP contribution in [0.25, 0.3) is 0 Å². The van der Waals surface area contributed by atoms with Crippen LogP contribution in [-0.2, 0) is 25.9 Å². The maximum absolute atomic E-state index is 15.3. The van der Waals surface area contributed by atoms with Crippen molar-refractivity contribution in [2.24, 2.45) is 5.92 Å². The Balaban J connectivity index is 1.67. The number of sulfone groups is 1. The molecular formula is C23H21ClF2N2O4S. The molecule has 5 rings (SSSR count). The largest absolute Gasteiger partial charge is 0.490 e. The lowest BCUT2D eigenvalue weighted by Gasteiger charge is -2.50. The van der Waals surface area contributed by atoms with E-state index >= 15 is 4.39 Å². The highest BCUT2D eigenvalue weighted by Gasteiger charge is 2.61. The van der Waals surface area contributed by atoms with Gasteiger partial charge in [0.25, 0.3) is 0 Å². The molecular weight excluding hydrogens is 474 g/mol. The molecule has 0 saturated carbocycles. The maximum Gasteiger partial charge on any atom is 0.189 e. The molecule has 0 amide bonds. The number of aryl methyl sites for hydroxylation is 1. The number of hydrogen-bond acceptors (Lipinski definition) is 5. The van der Waals surface area contributed by atoms with Gasteiger partial charge < -0.3 is 14.0 Å². The summed E-state index contributed by atoms with van der Waals surface area (Å²) in [6.07, 6.45) is 4.97. The van der Waals surface area contributed by atoms with Gasteiger partial charge in [-0.25, -0.2) is 22.2 Å². The molecule has 2 aliphatic rings. The molecule has 174 valence electrons. The summed E-state index contributed by atoms with van der Waals surface area (Å²) in [5.74, 6) is -2.71. The number of hydrogen-bond donors (Lipinski definition) is 0. The van der Waals surface area contributed by atoms with E-state index in [4.69, 9.17) is 21.1 Å². The van der Waals surface area contributed by atoms with Gasteiger partial charge in [-0.1, -0.05) is 11.6 Å². The molecule has 3 atom stereocenters. The second-order valence-corrected chi connectivity index (χ2v) is 10.9. The Labute approximate surface area is 195 Å². The lowest BCUT2D eigenvalue weighted by Crippen LogP contribution is -2.57. The Morgan fingerprint density at radius 2 is 1.91 bits per heavy atom. The predicted molar refractivity (Wildman–Crippen MR) is 117 cm³/mol. The van der Waals surface area contributed by atoms with E-state index in [0.29, 0.717) is 18.0 Å². The molecule has 6 nitrogen and oxygen atoms in total. The summed E-state index contributed by atoms with van der Waals surface area (Å²) < 4.78 is 70.2. The van der Waals surface area contributed by atoms with Crippen LogP contribution in [0.15, 0.2) is 60.0 Å². The third-order valence-corrected chi connectivity index (χ3v) is 9.39. The Morgan fingerprint density at radius 3 is 2.64 bits per heavy atom. The van der Waals surface area contributed by atoms with Crippen LogP contribution in [0.5, 0.6) is 5.75 Å². The summed E-state index contributed by atoms with van der Waals surface area (Å²) in [7, 11) is -4.20. The van der Waals surface area contributed by atoms with E-state index < -0.39 is 38.2 Å². The second kappa shape index (κ2) is 8.38. The number of halogens is 3. The van der Waals surface area contributed by atoms with Crippen LogP contribution < -0.4 is 4.74 Å². The highest BCUT2D eigenvalue weighted by atomic mass is 35.5. The van der Waals surface area contributed by atoms with Gasteiger partial charge in [-0.05, 0) is 49.2 Å². The Bertz CT molecular complexity index is 1270. The molecule has 33 heavy (non-hydrogen) atoms. The third-order valence-electron chi connectivity index (χ3n) is 6.58. The number of nitrogens with zero attached hydrogens (tertiary/aromatic N) is 2. The van der Waals surface area contributed by atoms with E-state index in [1.807, 2.05) is 4.57 Å². The van der Waals surface area contributed by atoms with Gasteiger partial charge >= 0.3 is 0 Å². The minimum Gasteiger partial charge on any atom is -0.490 e. The molecule has 2 aliphatic heterocycles. The number of rotatable bonds is 5. The minimum atomic E-state index is -4.20. The second-order valence-electron chi connectivity index (χ2n) is 8.25. The fourth-order valence-electron chi connectivity index (χ4n) is 5.03. The molecule has 0 aliphatic carbocycles. The molecule has 1 aromatic heterocycles. The van der Waals surface area contributed by atoms with Crippen LogP contribution in [0.1, 0.15) is 18.4 Å². The number of ether oxygens (including phenoxy) is 2. The summed E-state index contributed by atoms with van der Waals surface area (Å²) >= 11 is 5.97. The van der Waals surface area contributed by atoms with Crippen molar-refractivity contribution in [3.8, 4) is 5.75 Å². The molecule has 3 heterocycles. The predicted octanol–water partition coefficient (Wildman–Crippen LogP) is 4.37. The highest BCUT2D eigenvalue weighted by molar-refractivity contribution is 7.92. The monoisotopic (exact) mass is 494 g/mol. The van der Waals surface area contributed by atoms with Crippen molar-refractivity contribution in [3.63, 3.8) is 0 Å². The van der Waals surface area contributed by atoms with Gasteiger partial charge in [-0.3, -0.25) is 0 Å². The molecule has 3 aromatic rings.